The summed E-state index contributed by atoms with van der Waals surface area (Å²) in [6, 6.07) is 10.3. The average Bonchev–Trinajstić information content (AvgIpc) is 2.91. The highest BCUT2D eigenvalue weighted by Gasteiger charge is 1.99. The molecule has 0 saturated carbocycles. The second-order valence-corrected chi connectivity index (χ2v) is 4.60. The first-order valence-electron chi connectivity index (χ1n) is 6.87. The number of benzene rings is 1. The van der Waals surface area contributed by atoms with Crippen LogP contribution in [0.4, 0.5) is 0 Å². The lowest BCUT2D eigenvalue weighted by Gasteiger charge is -2.03. The molecule has 0 aliphatic heterocycles. The van der Waals surface area contributed by atoms with Gasteiger partial charge < -0.3 is 10.1 Å². The van der Waals surface area contributed by atoms with Gasteiger partial charge in [0.1, 0.15) is 0 Å². The summed E-state index contributed by atoms with van der Waals surface area (Å²) in [6.45, 7) is 6.80. The summed E-state index contributed by atoms with van der Waals surface area (Å²) in [5.74, 6) is 0. The summed E-state index contributed by atoms with van der Waals surface area (Å²) in [5, 5.41) is 7.75. The fourth-order valence-electron chi connectivity index (χ4n) is 1.95. The van der Waals surface area contributed by atoms with Crippen LogP contribution in [-0.4, -0.2) is 22.9 Å². The van der Waals surface area contributed by atoms with E-state index in [9.17, 15) is 0 Å². The molecule has 0 atom stereocenters. The smallest absolute Gasteiger partial charge is 0.0885 e. The van der Waals surface area contributed by atoms with E-state index in [1.54, 1.807) is 0 Å². The second kappa shape index (κ2) is 8.17. The summed E-state index contributed by atoms with van der Waals surface area (Å²) in [7, 11) is 0. The van der Waals surface area contributed by atoms with E-state index in [2.05, 4.69) is 35.3 Å². The van der Waals surface area contributed by atoms with Crippen LogP contribution in [0.25, 0.3) is 0 Å². The van der Waals surface area contributed by atoms with Gasteiger partial charge >= 0.3 is 0 Å². The monoisotopic (exact) mass is 271 g/mol. The van der Waals surface area contributed by atoms with Gasteiger partial charge in [-0.2, -0.15) is 5.10 Å². The van der Waals surface area contributed by atoms with Crippen molar-refractivity contribution in [3.8, 4) is 0 Å². The second-order valence-electron chi connectivity index (χ2n) is 4.60. The molecule has 4 heteroatoms. The minimum absolute atomic E-state index is 0.712. The van der Waals surface area contributed by atoms with Crippen LogP contribution < -0.4 is 5.32 Å². The maximum atomic E-state index is 5.06. The minimum Gasteiger partial charge on any atom is -0.502 e. The minimum atomic E-state index is 0.712. The van der Waals surface area contributed by atoms with Crippen LogP contribution in [0.15, 0.2) is 55.6 Å². The maximum absolute atomic E-state index is 5.06. The van der Waals surface area contributed by atoms with Crippen LogP contribution >= 0.6 is 0 Å². The van der Waals surface area contributed by atoms with Crippen molar-refractivity contribution < 1.29 is 4.74 Å². The van der Waals surface area contributed by atoms with Crippen LogP contribution in [-0.2, 0) is 17.8 Å². The zero-order valence-corrected chi connectivity index (χ0v) is 11.7. The Morgan fingerprint density at radius 1 is 1.25 bits per heavy atom. The summed E-state index contributed by atoms with van der Waals surface area (Å²) in [6.07, 6.45) is 6.45. The first kappa shape index (κ1) is 14.3. The van der Waals surface area contributed by atoms with Crippen molar-refractivity contribution in [2.75, 3.05) is 13.2 Å². The molecule has 1 aromatic heterocycles. The largest absolute Gasteiger partial charge is 0.502 e. The lowest BCUT2D eigenvalue weighted by atomic mass is 10.2. The Hall–Kier alpha value is -2.07. The molecular formula is C16H21N3O. The third-order valence-corrected chi connectivity index (χ3v) is 2.94. The molecule has 0 fully saturated rings. The zero-order chi connectivity index (χ0) is 14.0. The van der Waals surface area contributed by atoms with E-state index in [1.165, 1.54) is 17.4 Å². The third-order valence-electron chi connectivity index (χ3n) is 2.94. The molecule has 106 valence electrons. The molecule has 0 unspecified atom stereocenters. The molecule has 4 nitrogen and oxygen atoms in total. The van der Waals surface area contributed by atoms with Crippen LogP contribution in [0.2, 0.25) is 0 Å². The average molecular weight is 271 g/mol. The molecule has 2 rings (SSSR count). The SMILES string of the molecule is C=COCCCNCc1cnn(Cc2ccccc2)c1. The summed E-state index contributed by atoms with van der Waals surface area (Å²) in [4.78, 5) is 0. The molecule has 1 heterocycles. The van der Waals surface area contributed by atoms with Crippen LogP contribution in [0.5, 0.6) is 0 Å². The first-order chi connectivity index (χ1) is 9.88. The highest BCUT2D eigenvalue weighted by atomic mass is 16.5. The van der Waals surface area contributed by atoms with Crippen LogP contribution in [0.3, 0.4) is 0 Å². The molecular weight excluding hydrogens is 250 g/mol. The molecule has 0 aliphatic rings. The Labute approximate surface area is 120 Å². The Bertz CT molecular complexity index is 507. The number of hydrogen-bond donors (Lipinski definition) is 1. The third kappa shape index (κ3) is 4.90. The molecule has 20 heavy (non-hydrogen) atoms. The van der Waals surface area contributed by atoms with E-state index < -0.39 is 0 Å². The molecule has 0 aliphatic carbocycles. The van der Waals surface area contributed by atoms with Gasteiger partial charge in [-0.05, 0) is 18.5 Å². The van der Waals surface area contributed by atoms with Crippen molar-refractivity contribution in [2.24, 2.45) is 0 Å². The Morgan fingerprint density at radius 2 is 2.10 bits per heavy atom. The fourth-order valence-corrected chi connectivity index (χ4v) is 1.95. The van der Waals surface area contributed by atoms with Gasteiger partial charge in [0, 0.05) is 18.3 Å². The quantitative estimate of drug-likeness (QED) is 0.563. The predicted octanol–water partition coefficient (Wildman–Crippen LogP) is 2.57. The standard InChI is InChI=1S/C16H21N3O/c1-2-20-10-6-9-17-11-16-12-18-19(14-16)13-15-7-4-3-5-8-15/h2-5,7-8,12,14,17H,1,6,9-11,13H2. The van der Waals surface area contributed by atoms with E-state index in [0.29, 0.717) is 6.61 Å². The van der Waals surface area contributed by atoms with Gasteiger partial charge in [0.25, 0.3) is 0 Å². The van der Waals surface area contributed by atoms with Gasteiger partial charge in [-0.1, -0.05) is 36.9 Å². The van der Waals surface area contributed by atoms with Crippen molar-refractivity contribution in [1.29, 1.82) is 0 Å². The molecule has 0 bridgehead atoms. The molecule has 0 amide bonds. The van der Waals surface area contributed by atoms with E-state index in [0.717, 1.165) is 26.1 Å². The van der Waals surface area contributed by atoms with Gasteiger partial charge in [-0.15, -0.1) is 0 Å². The fraction of sp³-hybridized carbons (Fsp3) is 0.312. The number of rotatable bonds is 9. The molecule has 1 N–H and O–H groups in total. The van der Waals surface area contributed by atoms with E-state index in [4.69, 9.17) is 4.74 Å². The van der Waals surface area contributed by atoms with Crippen molar-refractivity contribution in [1.82, 2.24) is 15.1 Å². The summed E-state index contributed by atoms with van der Waals surface area (Å²) < 4.78 is 7.03. The van der Waals surface area contributed by atoms with Crippen LogP contribution in [0.1, 0.15) is 17.5 Å². The van der Waals surface area contributed by atoms with Gasteiger partial charge in [0.05, 0.1) is 25.6 Å². The number of nitrogens with one attached hydrogen (secondary N) is 1. The normalized spacial score (nSPS) is 10.4. The molecule has 2 aromatic rings. The van der Waals surface area contributed by atoms with E-state index >= 15 is 0 Å². The molecule has 0 spiro atoms. The Kier molecular flexibility index (Phi) is 5.86. The molecule has 0 saturated heterocycles. The zero-order valence-electron chi connectivity index (χ0n) is 11.7. The molecule has 0 radical (unpaired) electrons. The number of nitrogens with zero attached hydrogens (tertiary/aromatic N) is 2. The molecule has 1 aromatic carbocycles. The van der Waals surface area contributed by atoms with Gasteiger partial charge in [-0.3, -0.25) is 4.68 Å². The highest BCUT2D eigenvalue weighted by Crippen LogP contribution is 2.03. The van der Waals surface area contributed by atoms with Crippen molar-refractivity contribution in [3.05, 3.63) is 66.7 Å². The summed E-state index contributed by atoms with van der Waals surface area (Å²) in [5.41, 5.74) is 2.46. The lowest BCUT2D eigenvalue weighted by molar-refractivity contribution is 0.244. The topological polar surface area (TPSA) is 39.1 Å². The van der Waals surface area contributed by atoms with Gasteiger partial charge in [-0.25, -0.2) is 0 Å². The van der Waals surface area contributed by atoms with Crippen molar-refractivity contribution in [3.63, 3.8) is 0 Å². The summed E-state index contributed by atoms with van der Waals surface area (Å²) >= 11 is 0. The number of hydrogen-bond acceptors (Lipinski definition) is 3. The number of ether oxygens (including phenoxy) is 1. The van der Waals surface area contributed by atoms with Crippen LogP contribution in [0, 0.1) is 0 Å². The van der Waals surface area contributed by atoms with Crippen molar-refractivity contribution >= 4 is 0 Å². The lowest BCUT2D eigenvalue weighted by Crippen LogP contribution is -2.15. The predicted molar refractivity (Wildman–Crippen MR) is 80.2 cm³/mol. The Balaban J connectivity index is 1.71. The van der Waals surface area contributed by atoms with Gasteiger partial charge in [0.2, 0.25) is 0 Å². The maximum Gasteiger partial charge on any atom is 0.0885 e. The first-order valence-corrected chi connectivity index (χ1v) is 6.87. The Morgan fingerprint density at radius 3 is 2.90 bits per heavy atom. The van der Waals surface area contributed by atoms with Crippen molar-refractivity contribution in [2.45, 2.75) is 19.5 Å². The van der Waals surface area contributed by atoms with Gasteiger partial charge in [0.15, 0.2) is 0 Å². The van der Waals surface area contributed by atoms with E-state index in [1.807, 2.05) is 29.1 Å². The number of aromatic nitrogens is 2. The highest BCUT2D eigenvalue weighted by molar-refractivity contribution is 5.15. The van der Waals surface area contributed by atoms with E-state index in [-0.39, 0.29) is 0 Å².